The second-order valence-corrected chi connectivity index (χ2v) is 6.44. The van der Waals surface area contributed by atoms with Crippen LogP contribution in [0, 0.1) is 0 Å². The number of aliphatic hydroxyl groups is 1. The minimum Gasteiger partial charge on any atom is -0.457 e. The molecule has 6 N–H and O–H groups in total. The lowest BCUT2D eigenvalue weighted by atomic mass is 10.2. The smallest absolute Gasteiger partial charge is 0.430 e. The van der Waals surface area contributed by atoms with Crippen LogP contribution in [0.1, 0.15) is 18.5 Å². The summed E-state index contributed by atoms with van der Waals surface area (Å²) in [5, 5.41) is 12.0. The molecule has 0 saturated carbocycles. The number of aryl methyl sites for hydroxylation is 1. The van der Waals surface area contributed by atoms with Crippen LogP contribution in [0.25, 0.3) is 0 Å². The summed E-state index contributed by atoms with van der Waals surface area (Å²) in [6.07, 6.45) is 0.688. The van der Waals surface area contributed by atoms with E-state index in [1.165, 1.54) is 12.2 Å². The lowest BCUT2D eigenvalue weighted by Crippen LogP contribution is -2.19. The van der Waals surface area contributed by atoms with Crippen molar-refractivity contribution in [3.63, 3.8) is 0 Å². The number of nitrogens with two attached hydrogens (primary N) is 2. The number of aliphatic hydroxyl groups excluding tert-OH is 1. The van der Waals surface area contributed by atoms with Crippen LogP contribution in [0.4, 0.5) is 30.6 Å². The van der Waals surface area contributed by atoms with Crippen LogP contribution in [0.3, 0.4) is 0 Å². The fraction of sp³-hybridized carbons (Fsp3) is 0.238. The van der Waals surface area contributed by atoms with E-state index in [9.17, 15) is 13.2 Å². The molecule has 0 aliphatic rings. The third kappa shape index (κ3) is 8.01. The van der Waals surface area contributed by atoms with Gasteiger partial charge < -0.3 is 26.6 Å². The second kappa shape index (κ2) is 11.0. The molecule has 0 atom stereocenters. The number of nitrogen functional groups attached to an aromatic ring is 1. The molecule has 0 radical (unpaired) electrons. The van der Waals surface area contributed by atoms with Crippen molar-refractivity contribution >= 4 is 17.5 Å². The first-order chi connectivity index (χ1) is 14.7. The molecule has 0 aliphatic heterocycles. The molecule has 1 aromatic carbocycles. The molecule has 1 aromatic heterocycles. The summed E-state index contributed by atoms with van der Waals surface area (Å²) >= 11 is 0. The first-order valence-corrected chi connectivity index (χ1v) is 9.37. The van der Waals surface area contributed by atoms with Crippen molar-refractivity contribution in [2.24, 2.45) is 5.73 Å². The van der Waals surface area contributed by atoms with Gasteiger partial charge in [-0.25, -0.2) is 4.98 Å². The number of nitrogens with one attached hydrogen (secondary N) is 1. The monoisotopic (exact) mass is 435 g/mol. The van der Waals surface area contributed by atoms with Crippen molar-refractivity contribution in [3.05, 3.63) is 72.3 Å². The summed E-state index contributed by atoms with van der Waals surface area (Å²) < 4.78 is 43.4. The summed E-state index contributed by atoms with van der Waals surface area (Å²) in [6.45, 7) is 3.57. The molecule has 1 heterocycles. The minimum atomic E-state index is -4.66. The van der Waals surface area contributed by atoms with Crippen LogP contribution >= 0.6 is 0 Å². The maximum Gasteiger partial charge on any atom is 0.430 e. The average molecular weight is 435 g/mol. The Hall–Kier alpha value is -3.53. The van der Waals surface area contributed by atoms with Gasteiger partial charge in [0.25, 0.3) is 0 Å². The Labute approximate surface area is 178 Å². The van der Waals surface area contributed by atoms with Crippen LogP contribution in [-0.2, 0) is 6.42 Å². The van der Waals surface area contributed by atoms with Gasteiger partial charge in [0.05, 0.1) is 0 Å². The Morgan fingerprint density at radius 2 is 1.90 bits per heavy atom. The Bertz CT molecular complexity index is 941. The summed E-state index contributed by atoms with van der Waals surface area (Å²) in [4.78, 5) is 8.30. The highest BCUT2D eigenvalue weighted by atomic mass is 19.4. The Morgan fingerprint density at radius 1 is 1.19 bits per heavy atom. The Morgan fingerprint density at radius 3 is 2.52 bits per heavy atom. The van der Waals surface area contributed by atoms with Crippen molar-refractivity contribution in [1.29, 1.82) is 0 Å². The number of anilines is 3. The topological polar surface area (TPSA) is 119 Å². The van der Waals surface area contributed by atoms with Crippen LogP contribution in [0.15, 0.2) is 66.6 Å². The van der Waals surface area contributed by atoms with Gasteiger partial charge in [-0.2, -0.15) is 18.2 Å². The zero-order valence-corrected chi connectivity index (χ0v) is 16.7. The largest absolute Gasteiger partial charge is 0.457 e. The first-order valence-electron chi connectivity index (χ1n) is 9.37. The molecule has 7 nitrogen and oxygen atoms in total. The average Bonchev–Trinajstić information content (AvgIpc) is 2.69. The van der Waals surface area contributed by atoms with E-state index in [2.05, 4.69) is 21.9 Å². The normalized spacial score (nSPS) is 12.5. The number of hydrogen-bond acceptors (Lipinski definition) is 7. The van der Waals surface area contributed by atoms with Gasteiger partial charge in [-0.15, -0.1) is 0 Å². The Balaban J connectivity index is 2.09. The van der Waals surface area contributed by atoms with Crippen molar-refractivity contribution < 1.29 is 23.0 Å². The van der Waals surface area contributed by atoms with Crippen molar-refractivity contribution in [1.82, 2.24) is 9.97 Å². The molecular weight excluding hydrogens is 411 g/mol. The molecule has 2 aromatic rings. The van der Waals surface area contributed by atoms with Crippen LogP contribution < -0.4 is 21.5 Å². The summed E-state index contributed by atoms with van der Waals surface area (Å²) in [5.74, 6) is 0.809. The van der Waals surface area contributed by atoms with E-state index in [-0.39, 0.29) is 18.3 Å². The Kier molecular flexibility index (Phi) is 8.44. The van der Waals surface area contributed by atoms with E-state index in [0.29, 0.717) is 36.2 Å². The molecule has 10 heteroatoms. The molecule has 0 fully saturated rings. The second-order valence-electron chi connectivity index (χ2n) is 6.44. The van der Waals surface area contributed by atoms with Crippen LogP contribution in [0.2, 0.25) is 0 Å². The molecule has 0 saturated heterocycles. The molecule has 0 spiro atoms. The minimum absolute atomic E-state index is 0.110. The number of hydrogen-bond donors (Lipinski definition) is 4. The zero-order chi connectivity index (χ0) is 22.9. The van der Waals surface area contributed by atoms with E-state index in [1.54, 1.807) is 30.3 Å². The highest BCUT2D eigenvalue weighted by molar-refractivity contribution is 5.58. The molecule has 31 heavy (non-hydrogen) atoms. The van der Waals surface area contributed by atoms with Gasteiger partial charge in [0.1, 0.15) is 23.0 Å². The summed E-state index contributed by atoms with van der Waals surface area (Å²) in [5.41, 5.74) is 10.9. The number of benzene rings is 1. The van der Waals surface area contributed by atoms with Crippen LogP contribution in [0.5, 0.6) is 5.75 Å². The van der Waals surface area contributed by atoms with Gasteiger partial charge in [-0.05, 0) is 49.6 Å². The summed E-state index contributed by atoms with van der Waals surface area (Å²) in [7, 11) is 0. The predicted octanol–water partition coefficient (Wildman–Crippen LogP) is 3.97. The standard InChI is InChI=1S/C21H24F3N5O2/c1-2-5-17(13-18(25)21(22,23)24)31-16-9-7-14(8-10-16)27-19-12-15(6-3-4-11-30)28-20(26)29-19/h2,5,7-10,12-13,30H,1,3-4,6,11,25H2,(H3,26,27,28,29)/b17-5+,18-13-. The molecule has 166 valence electrons. The molecule has 0 amide bonds. The number of allylic oxidation sites excluding steroid dienone is 4. The first kappa shape index (κ1) is 23.7. The van der Waals surface area contributed by atoms with Crippen molar-refractivity contribution in [2.75, 3.05) is 17.7 Å². The lowest BCUT2D eigenvalue weighted by Gasteiger charge is -2.11. The fourth-order valence-electron chi connectivity index (χ4n) is 2.48. The number of alkyl halides is 3. The van der Waals surface area contributed by atoms with Gasteiger partial charge in [-0.3, -0.25) is 0 Å². The lowest BCUT2D eigenvalue weighted by molar-refractivity contribution is -0.0928. The zero-order valence-electron chi connectivity index (χ0n) is 16.7. The molecular formula is C21H24F3N5O2. The van der Waals surface area contributed by atoms with E-state index < -0.39 is 11.9 Å². The van der Waals surface area contributed by atoms with Crippen molar-refractivity contribution in [2.45, 2.75) is 25.4 Å². The predicted molar refractivity (Wildman–Crippen MR) is 113 cm³/mol. The maximum atomic E-state index is 12.7. The van der Waals surface area contributed by atoms with Gasteiger partial charge in [0, 0.05) is 30.1 Å². The molecule has 0 unspecified atom stereocenters. The highest BCUT2D eigenvalue weighted by Gasteiger charge is 2.31. The maximum absolute atomic E-state index is 12.7. The SMILES string of the molecule is C=C/C=C(\C=C(/N)C(F)(F)F)Oc1ccc(Nc2cc(CCCCO)nc(N)n2)cc1. The number of nitrogens with zero attached hydrogens (tertiary/aromatic N) is 2. The number of halogens is 3. The quantitative estimate of drug-likeness (QED) is 0.253. The van der Waals surface area contributed by atoms with E-state index in [1.807, 2.05) is 0 Å². The van der Waals surface area contributed by atoms with Gasteiger partial charge in [0.2, 0.25) is 5.95 Å². The van der Waals surface area contributed by atoms with Gasteiger partial charge in [-0.1, -0.05) is 12.7 Å². The fourth-order valence-corrected chi connectivity index (χ4v) is 2.48. The van der Waals surface area contributed by atoms with E-state index in [4.69, 9.17) is 21.3 Å². The summed E-state index contributed by atoms with van der Waals surface area (Å²) in [6, 6.07) is 8.24. The van der Waals surface area contributed by atoms with E-state index in [0.717, 1.165) is 12.1 Å². The number of ether oxygens (including phenoxy) is 1. The van der Waals surface area contributed by atoms with E-state index >= 15 is 0 Å². The highest BCUT2D eigenvalue weighted by Crippen LogP contribution is 2.25. The number of aromatic nitrogens is 2. The van der Waals surface area contributed by atoms with Crippen LogP contribution in [-0.4, -0.2) is 27.9 Å². The third-order valence-electron chi connectivity index (χ3n) is 3.91. The molecule has 2 rings (SSSR count). The molecule has 0 bridgehead atoms. The third-order valence-corrected chi connectivity index (χ3v) is 3.91. The molecule has 0 aliphatic carbocycles. The number of unbranched alkanes of at least 4 members (excludes halogenated alkanes) is 1. The van der Waals surface area contributed by atoms with Gasteiger partial charge >= 0.3 is 6.18 Å². The number of rotatable bonds is 10. The van der Waals surface area contributed by atoms with Crippen molar-refractivity contribution in [3.8, 4) is 5.75 Å². The van der Waals surface area contributed by atoms with Gasteiger partial charge in [0.15, 0.2) is 0 Å².